The van der Waals surface area contributed by atoms with Crippen molar-refractivity contribution in [1.29, 1.82) is 0 Å². The summed E-state index contributed by atoms with van der Waals surface area (Å²) in [4.78, 5) is 17.9. The van der Waals surface area contributed by atoms with E-state index in [1.807, 2.05) is 0 Å². The number of rotatable bonds is 1. The van der Waals surface area contributed by atoms with E-state index in [0.717, 1.165) is 32.6 Å². The average Bonchev–Trinajstić information content (AvgIpc) is 3.20. The van der Waals surface area contributed by atoms with Gasteiger partial charge in [0.2, 0.25) is 5.91 Å². The van der Waals surface area contributed by atoms with E-state index in [-0.39, 0.29) is 24.8 Å². The number of fused-ring (bicyclic) bond motifs is 1. The number of amides is 1. The second kappa shape index (κ2) is 7.47. The van der Waals surface area contributed by atoms with Crippen LogP contribution in [0.15, 0.2) is 0 Å². The number of carbonyl (C=O) groups is 1. The third kappa shape index (κ3) is 3.51. The molecule has 3 heterocycles. The molecule has 1 saturated carbocycles. The molecular weight excluding hydrogens is 333 g/mol. The van der Waals surface area contributed by atoms with Crippen LogP contribution >= 0.6 is 24.8 Å². The zero-order valence-corrected chi connectivity index (χ0v) is 15.8. The molecule has 0 radical (unpaired) electrons. The molecule has 1 N–H and O–H groups in total. The number of nitrogens with zero attached hydrogens (tertiary/aromatic N) is 2. The maximum atomic E-state index is 13.0. The van der Waals surface area contributed by atoms with Gasteiger partial charge in [0, 0.05) is 31.1 Å². The Morgan fingerprint density at radius 1 is 1.13 bits per heavy atom. The maximum Gasteiger partial charge on any atom is 0.226 e. The minimum Gasteiger partial charge on any atom is -0.337 e. The first-order valence-corrected chi connectivity index (χ1v) is 8.95. The highest BCUT2D eigenvalue weighted by Crippen LogP contribution is 2.59. The SMILES string of the molecule is CC1CN2CCCCC2CN1C(=O)C1CC12CCNCC2.Cl.Cl. The van der Waals surface area contributed by atoms with Gasteiger partial charge in [-0.05, 0) is 64.1 Å². The van der Waals surface area contributed by atoms with Gasteiger partial charge in [-0.3, -0.25) is 9.69 Å². The van der Waals surface area contributed by atoms with Crippen LogP contribution in [0.1, 0.15) is 45.4 Å². The highest BCUT2D eigenvalue weighted by molar-refractivity contribution is 5.85. The van der Waals surface area contributed by atoms with Gasteiger partial charge >= 0.3 is 0 Å². The van der Waals surface area contributed by atoms with E-state index in [1.165, 1.54) is 38.6 Å². The van der Waals surface area contributed by atoms with Crippen LogP contribution in [0.4, 0.5) is 0 Å². The summed E-state index contributed by atoms with van der Waals surface area (Å²) < 4.78 is 0. The molecule has 1 amide bonds. The van der Waals surface area contributed by atoms with Crippen molar-refractivity contribution in [2.45, 2.75) is 57.5 Å². The van der Waals surface area contributed by atoms with E-state index in [1.54, 1.807) is 0 Å². The van der Waals surface area contributed by atoms with Gasteiger partial charge in [0.25, 0.3) is 0 Å². The quantitative estimate of drug-likeness (QED) is 0.776. The molecule has 3 atom stereocenters. The number of nitrogens with one attached hydrogen (secondary N) is 1. The van der Waals surface area contributed by atoms with Gasteiger partial charge in [-0.1, -0.05) is 6.42 Å². The summed E-state index contributed by atoms with van der Waals surface area (Å²) in [5, 5.41) is 3.43. The van der Waals surface area contributed by atoms with Crippen molar-refractivity contribution in [2.75, 3.05) is 32.7 Å². The van der Waals surface area contributed by atoms with Crippen LogP contribution in [0.3, 0.4) is 0 Å². The lowest BCUT2D eigenvalue weighted by molar-refractivity contribution is -0.140. The second-order valence-electron chi connectivity index (χ2n) is 7.85. The van der Waals surface area contributed by atoms with Crippen LogP contribution < -0.4 is 5.32 Å². The van der Waals surface area contributed by atoms with Crippen LogP contribution in [-0.2, 0) is 4.79 Å². The van der Waals surface area contributed by atoms with Crippen LogP contribution in [0.5, 0.6) is 0 Å². The number of piperidine rings is 2. The Balaban J connectivity index is 0.000000960. The van der Waals surface area contributed by atoms with E-state index in [9.17, 15) is 4.79 Å². The highest BCUT2D eigenvalue weighted by Gasteiger charge is 2.59. The van der Waals surface area contributed by atoms with Crippen molar-refractivity contribution in [3.8, 4) is 0 Å². The van der Waals surface area contributed by atoms with Gasteiger partial charge in [0.05, 0.1) is 0 Å². The standard InChI is InChI=1S/C17H29N3O.2ClH/c1-13-11-19-9-3-2-4-14(19)12-20(13)16(21)15-10-17(15)5-7-18-8-6-17;;/h13-15,18H,2-12H2,1H3;2*1H. The van der Waals surface area contributed by atoms with Crippen molar-refractivity contribution < 1.29 is 4.79 Å². The van der Waals surface area contributed by atoms with Crippen molar-refractivity contribution >= 4 is 30.7 Å². The highest BCUT2D eigenvalue weighted by atomic mass is 35.5. The molecule has 4 rings (SSSR count). The largest absolute Gasteiger partial charge is 0.337 e. The molecule has 1 aliphatic carbocycles. The van der Waals surface area contributed by atoms with Gasteiger partial charge in [-0.25, -0.2) is 0 Å². The van der Waals surface area contributed by atoms with Crippen LogP contribution in [0.2, 0.25) is 0 Å². The molecule has 4 fully saturated rings. The molecule has 3 aliphatic heterocycles. The molecule has 23 heavy (non-hydrogen) atoms. The Hall–Kier alpha value is -0.0300. The normalized spacial score (nSPS) is 35.7. The Morgan fingerprint density at radius 3 is 2.61 bits per heavy atom. The summed E-state index contributed by atoms with van der Waals surface area (Å²) in [5.74, 6) is 0.826. The Morgan fingerprint density at radius 2 is 1.87 bits per heavy atom. The molecule has 3 saturated heterocycles. The molecule has 0 aromatic heterocycles. The third-order valence-electron chi connectivity index (χ3n) is 6.56. The summed E-state index contributed by atoms with van der Waals surface area (Å²) in [5.41, 5.74) is 0.381. The van der Waals surface area contributed by atoms with Crippen molar-refractivity contribution in [2.24, 2.45) is 11.3 Å². The molecule has 4 nitrogen and oxygen atoms in total. The molecule has 4 aliphatic rings. The first-order chi connectivity index (χ1) is 10.2. The lowest BCUT2D eigenvalue weighted by Crippen LogP contribution is -2.60. The molecule has 3 unspecified atom stereocenters. The first kappa shape index (κ1) is 19.3. The predicted molar refractivity (Wildman–Crippen MR) is 97.5 cm³/mol. The number of carbonyl (C=O) groups excluding carboxylic acids is 1. The van der Waals surface area contributed by atoms with Crippen LogP contribution in [-0.4, -0.2) is 60.5 Å². The van der Waals surface area contributed by atoms with Gasteiger partial charge in [0.1, 0.15) is 0 Å². The van der Waals surface area contributed by atoms with E-state index in [2.05, 4.69) is 22.0 Å². The number of hydrogen-bond donors (Lipinski definition) is 1. The maximum absolute atomic E-state index is 13.0. The van der Waals surface area contributed by atoms with Gasteiger partial charge < -0.3 is 10.2 Å². The van der Waals surface area contributed by atoms with E-state index < -0.39 is 0 Å². The number of piperazine rings is 1. The molecule has 0 aromatic carbocycles. The third-order valence-corrected chi connectivity index (χ3v) is 6.56. The van der Waals surface area contributed by atoms with E-state index in [0.29, 0.717) is 29.3 Å². The zero-order valence-electron chi connectivity index (χ0n) is 14.1. The van der Waals surface area contributed by atoms with Crippen molar-refractivity contribution in [1.82, 2.24) is 15.1 Å². The summed E-state index contributed by atoms with van der Waals surface area (Å²) >= 11 is 0. The first-order valence-electron chi connectivity index (χ1n) is 8.95. The summed E-state index contributed by atoms with van der Waals surface area (Å²) in [7, 11) is 0. The van der Waals surface area contributed by atoms with E-state index >= 15 is 0 Å². The van der Waals surface area contributed by atoms with Crippen LogP contribution in [0, 0.1) is 11.3 Å². The molecule has 134 valence electrons. The Bertz CT molecular complexity index is 428. The summed E-state index contributed by atoms with van der Waals surface area (Å²) in [6.45, 7) is 7.80. The van der Waals surface area contributed by atoms with Gasteiger partial charge in [-0.15, -0.1) is 24.8 Å². The Labute approximate surface area is 152 Å². The zero-order chi connectivity index (χ0) is 14.4. The van der Waals surface area contributed by atoms with Crippen LogP contribution in [0.25, 0.3) is 0 Å². The topological polar surface area (TPSA) is 35.6 Å². The van der Waals surface area contributed by atoms with Gasteiger partial charge in [-0.2, -0.15) is 0 Å². The molecule has 6 heteroatoms. The average molecular weight is 364 g/mol. The fraction of sp³-hybridized carbons (Fsp3) is 0.941. The van der Waals surface area contributed by atoms with Gasteiger partial charge in [0.15, 0.2) is 0 Å². The lowest BCUT2D eigenvalue weighted by atomic mass is 9.91. The summed E-state index contributed by atoms with van der Waals surface area (Å²) in [6.07, 6.45) is 7.55. The number of hydrogen-bond acceptors (Lipinski definition) is 3. The van der Waals surface area contributed by atoms with E-state index in [4.69, 9.17) is 0 Å². The van der Waals surface area contributed by atoms with Crippen molar-refractivity contribution in [3.05, 3.63) is 0 Å². The Kier molecular flexibility index (Phi) is 6.26. The second-order valence-corrected chi connectivity index (χ2v) is 7.85. The monoisotopic (exact) mass is 363 g/mol. The minimum atomic E-state index is 0. The molecular formula is C17H31Cl2N3O. The molecule has 0 aromatic rings. The fourth-order valence-corrected chi connectivity index (χ4v) is 5.03. The van der Waals surface area contributed by atoms with Crippen molar-refractivity contribution in [3.63, 3.8) is 0 Å². The smallest absolute Gasteiger partial charge is 0.226 e. The molecule has 1 spiro atoms. The lowest BCUT2D eigenvalue weighted by Gasteiger charge is -2.47. The number of halogens is 2. The summed E-state index contributed by atoms with van der Waals surface area (Å²) in [6, 6.07) is 1.05. The minimum absolute atomic E-state index is 0. The predicted octanol–water partition coefficient (Wildman–Crippen LogP) is 2.30. The molecule has 0 bridgehead atoms. The fourth-order valence-electron chi connectivity index (χ4n) is 5.03.